The molecule has 3 rings (SSSR count). The second kappa shape index (κ2) is 4.94. The third-order valence-electron chi connectivity index (χ3n) is 3.53. The number of nitrogens with zero attached hydrogens (tertiary/aromatic N) is 1. The van der Waals surface area contributed by atoms with E-state index in [2.05, 4.69) is 5.32 Å². The Kier molecular flexibility index (Phi) is 3.10. The van der Waals surface area contributed by atoms with Crippen molar-refractivity contribution in [3.8, 4) is 5.75 Å². The van der Waals surface area contributed by atoms with Crippen LogP contribution >= 0.6 is 0 Å². The Bertz CT molecular complexity index is 740. The molecule has 5 heteroatoms. The van der Waals surface area contributed by atoms with Crippen LogP contribution in [0.15, 0.2) is 42.5 Å². The van der Waals surface area contributed by atoms with Crippen molar-refractivity contribution < 1.29 is 14.3 Å². The maximum absolute atomic E-state index is 11.6. The molecule has 0 aliphatic carbocycles. The van der Waals surface area contributed by atoms with E-state index in [1.54, 1.807) is 19.2 Å². The number of benzene rings is 2. The molecule has 0 saturated heterocycles. The minimum absolute atomic E-state index is 0.419. The van der Waals surface area contributed by atoms with E-state index < -0.39 is 11.7 Å². The highest BCUT2D eigenvalue weighted by Gasteiger charge is 2.28. The number of methoxy groups -OCH3 is 1. The lowest BCUT2D eigenvalue weighted by Gasteiger charge is -2.20. The van der Waals surface area contributed by atoms with Crippen LogP contribution in [0.5, 0.6) is 5.75 Å². The number of carbonyl (C=O) groups excluding carboxylic acids is 2. The van der Waals surface area contributed by atoms with E-state index in [1.165, 1.54) is 0 Å². The van der Waals surface area contributed by atoms with Gasteiger partial charge in [-0.2, -0.15) is 0 Å². The summed E-state index contributed by atoms with van der Waals surface area (Å²) in [6.07, 6.45) is 0. The monoisotopic (exact) mass is 282 g/mol. The summed E-state index contributed by atoms with van der Waals surface area (Å²) >= 11 is 0. The van der Waals surface area contributed by atoms with Gasteiger partial charge in [0.15, 0.2) is 0 Å². The molecular formula is C16H14N2O3. The summed E-state index contributed by atoms with van der Waals surface area (Å²) in [5, 5.41) is 2.58. The molecule has 2 aromatic rings. The largest absolute Gasteiger partial charge is 0.497 e. The zero-order valence-corrected chi connectivity index (χ0v) is 11.7. The van der Waals surface area contributed by atoms with E-state index in [4.69, 9.17) is 4.74 Å². The molecule has 0 spiro atoms. The fourth-order valence-electron chi connectivity index (χ4n) is 2.31. The Hall–Kier alpha value is -2.82. The molecule has 0 unspecified atom stereocenters. The molecule has 1 aliphatic heterocycles. The van der Waals surface area contributed by atoms with E-state index >= 15 is 0 Å². The normalized spacial score (nSPS) is 12.9. The average Bonchev–Trinajstić information content (AvgIpc) is 2.81. The smallest absolute Gasteiger partial charge is 0.296 e. The molecule has 1 amide bonds. The van der Waals surface area contributed by atoms with Crippen molar-refractivity contribution in [3.63, 3.8) is 0 Å². The van der Waals surface area contributed by atoms with Crippen molar-refractivity contribution in [2.45, 2.75) is 0 Å². The molecule has 0 radical (unpaired) electrons. The Labute approximate surface area is 122 Å². The van der Waals surface area contributed by atoms with Gasteiger partial charge in [-0.15, -0.1) is 0 Å². The van der Waals surface area contributed by atoms with Crippen molar-refractivity contribution in [3.05, 3.63) is 48.0 Å². The van der Waals surface area contributed by atoms with Crippen LogP contribution in [0.1, 0.15) is 10.4 Å². The third-order valence-corrected chi connectivity index (χ3v) is 3.53. The number of ketones is 1. The van der Waals surface area contributed by atoms with Gasteiger partial charge in [-0.25, -0.2) is 0 Å². The second-order valence-electron chi connectivity index (χ2n) is 4.77. The highest BCUT2D eigenvalue weighted by molar-refractivity contribution is 6.51. The van der Waals surface area contributed by atoms with Gasteiger partial charge < -0.3 is 15.0 Å². The lowest BCUT2D eigenvalue weighted by Crippen LogP contribution is -2.12. The lowest BCUT2D eigenvalue weighted by molar-refractivity contribution is -0.112. The second-order valence-corrected chi connectivity index (χ2v) is 4.77. The van der Waals surface area contributed by atoms with Crippen LogP contribution in [-0.4, -0.2) is 25.8 Å². The van der Waals surface area contributed by atoms with Crippen LogP contribution in [0.3, 0.4) is 0 Å². The Balaban J connectivity index is 1.96. The first-order chi connectivity index (χ1) is 10.1. The Morgan fingerprint density at radius 2 is 1.81 bits per heavy atom. The SMILES string of the molecule is COc1cccc(N(C)c2ccc3c(c2)NC(=O)C3=O)c1. The maximum Gasteiger partial charge on any atom is 0.296 e. The highest BCUT2D eigenvalue weighted by Crippen LogP contribution is 2.32. The molecule has 0 bridgehead atoms. The summed E-state index contributed by atoms with van der Waals surface area (Å²) in [6.45, 7) is 0. The molecule has 5 nitrogen and oxygen atoms in total. The molecule has 1 heterocycles. The standard InChI is InChI=1S/C16H14N2O3/c1-18(10-4-3-5-12(8-10)21-2)11-6-7-13-14(9-11)17-16(20)15(13)19/h3-9H,1-2H3,(H,17,19,20). The molecule has 0 fully saturated rings. The molecule has 2 aromatic carbocycles. The first-order valence-corrected chi connectivity index (χ1v) is 6.47. The van der Waals surface area contributed by atoms with Crippen LogP contribution in [0.4, 0.5) is 17.1 Å². The first-order valence-electron chi connectivity index (χ1n) is 6.47. The summed E-state index contributed by atoms with van der Waals surface area (Å²) in [6, 6.07) is 12.9. The highest BCUT2D eigenvalue weighted by atomic mass is 16.5. The third kappa shape index (κ3) is 2.23. The predicted molar refractivity (Wildman–Crippen MR) is 80.5 cm³/mol. The van der Waals surface area contributed by atoms with Crippen LogP contribution in [0, 0.1) is 0 Å². The molecule has 0 aromatic heterocycles. The summed E-state index contributed by atoms with van der Waals surface area (Å²) in [5.74, 6) is -0.296. The summed E-state index contributed by atoms with van der Waals surface area (Å²) < 4.78 is 5.21. The molecule has 0 saturated carbocycles. The van der Waals surface area contributed by atoms with Crippen molar-refractivity contribution in [2.75, 3.05) is 24.4 Å². The number of hydrogen-bond acceptors (Lipinski definition) is 4. The summed E-state index contributed by atoms with van der Waals surface area (Å²) in [7, 11) is 3.53. The number of anilines is 3. The average molecular weight is 282 g/mol. The first kappa shape index (κ1) is 13.2. The number of hydrogen-bond donors (Lipinski definition) is 1. The van der Waals surface area contributed by atoms with Crippen molar-refractivity contribution in [1.29, 1.82) is 0 Å². The fourth-order valence-corrected chi connectivity index (χ4v) is 2.31. The summed E-state index contributed by atoms with van der Waals surface area (Å²) in [5.41, 5.74) is 2.79. The number of Topliss-reactive ketones (excluding diaryl/α,β-unsaturated/α-hetero) is 1. The van der Waals surface area contributed by atoms with Gasteiger partial charge in [0.1, 0.15) is 5.75 Å². The Morgan fingerprint density at radius 1 is 1.05 bits per heavy atom. The maximum atomic E-state index is 11.6. The van der Waals surface area contributed by atoms with Gasteiger partial charge in [0.05, 0.1) is 18.4 Å². The van der Waals surface area contributed by atoms with Crippen molar-refractivity contribution in [1.82, 2.24) is 0 Å². The van der Waals surface area contributed by atoms with Gasteiger partial charge in [0, 0.05) is 24.5 Å². The van der Waals surface area contributed by atoms with E-state index in [0.717, 1.165) is 17.1 Å². The minimum atomic E-state index is -0.578. The van der Waals surface area contributed by atoms with Crippen molar-refractivity contribution >= 4 is 28.8 Å². The number of rotatable bonds is 3. The van der Waals surface area contributed by atoms with E-state index in [9.17, 15) is 9.59 Å². The topological polar surface area (TPSA) is 58.6 Å². The van der Waals surface area contributed by atoms with Gasteiger partial charge in [-0.3, -0.25) is 9.59 Å². The van der Waals surface area contributed by atoms with E-state index in [1.807, 2.05) is 42.3 Å². The fraction of sp³-hybridized carbons (Fsp3) is 0.125. The number of ether oxygens (including phenoxy) is 1. The Morgan fingerprint density at radius 3 is 2.57 bits per heavy atom. The van der Waals surface area contributed by atoms with Gasteiger partial charge in [-0.05, 0) is 30.3 Å². The number of nitrogens with one attached hydrogen (secondary N) is 1. The molecule has 1 N–H and O–H groups in total. The van der Waals surface area contributed by atoms with Crippen LogP contribution < -0.4 is 15.0 Å². The molecule has 106 valence electrons. The zero-order valence-electron chi connectivity index (χ0n) is 11.7. The molecule has 1 aliphatic rings. The molecule has 21 heavy (non-hydrogen) atoms. The quantitative estimate of drug-likeness (QED) is 0.879. The summed E-state index contributed by atoms with van der Waals surface area (Å²) in [4.78, 5) is 24.9. The number of carbonyl (C=O) groups is 2. The van der Waals surface area contributed by atoms with E-state index in [-0.39, 0.29) is 0 Å². The van der Waals surface area contributed by atoms with Gasteiger partial charge in [0.2, 0.25) is 0 Å². The van der Waals surface area contributed by atoms with Gasteiger partial charge in [0.25, 0.3) is 11.7 Å². The number of fused-ring (bicyclic) bond motifs is 1. The zero-order chi connectivity index (χ0) is 15.0. The van der Waals surface area contributed by atoms with Crippen LogP contribution in [-0.2, 0) is 4.79 Å². The minimum Gasteiger partial charge on any atom is -0.497 e. The van der Waals surface area contributed by atoms with Gasteiger partial charge in [-0.1, -0.05) is 6.07 Å². The van der Waals surface area contributed by atoms with Crippen LogP contribution in [0.25, 0.3) is 0 Å². The predicted octanol–water partition coefficient (Wildman–Crippen LogP) is 2.60. The van der Waals surface area contributed by atoms with Gasteiger partial charge >= 0.3 is 0 Å². The van der Waals surface area contributed by atoms with E-state index in [0.29, 0.717) is 11.3 Å². The van der Waals surface area contributed by atoms with Crippen LogP contribution in [0.2, 0.25) is 0 Å². The lowest BCUT2D eigenvalue weighted by atomic mass is 10.1. The number of amides is 1. The molecular weight excluding hydrogens is 268 g/mol. The molecule has 0 atom stereocenters. The van der Waals surface area contributed by atoms with Crippen molar-refractivity contribution in [2.24, 2.45) is 0 Å².